The van der Waals surface area contributed by atoms with Crippen molar-refractivity contribution in [2.75, 3.05) is 26.0 Å². The van der Waals surface area contributed by atoms with Gasteiger partial charge in [-0.05, 0) is 37.5 Å². The smallest absolute Gasteiger partial charge is 0.211 e. The molecule has 0 amide bonds. The van der Waals surface area contributed by atoms with E-state index in [4.69, 9.17) is 4.74 Å². The van der Waals surface area contributed by atoms with Crippen LogP contribution in [0.15, 0.2) is 24.3 Å². The SMILES string of the molecule is C[C@H](O)c1ccc(OCC2CCCN(S(C)(=O)=O)C2)cc1. The highest BCUT2D eigenvalue weighted by molar-refractivity contribution is 7.88. The van der Waals surface area contributed by atoms with Crippen LogP contribution in [0.4, 0.5) is 0 Å². The predicted octanol–water partition coefficient (Wildman–Crippen LogP) is 1.79. The Bertz CT molecular complexity index is 554. The quantitative estimate of drug-likeness (QED) is 0.900. The molecular weight excluding hydrogens is 290 g/mol. The zero-order chi connectivity index (χ0) is 15.5. The number of benzene rings is 1. The molecule has 0 bridgehead atoms. The molecule has 1 unspecified atom stereocenters. The molecule has 0 aromatic heterocycles. The fraction of sp³-hybridized carbons (Fsp3) is 0.600. The first-order valence-electron chi connectivity index (χ1n) is 7.22. The maximum Gasteiger partial charge on any atom is 0.211 e. The number of sulfonamides is 1. The van der Waals surface area contributed by atoms with Gasteiger partial charge in [-0.1, -0.05) is 12.1 Å². The molecule has 1 saturated heterocycles. The van der Waals surface area contributed by atoms with Crippen molar-refractivity contribution in [1.82, 2.24) is 4.31 Å². The average molecular weight is 313 g/mol. The third-order valence-corrected chi connectivity index (χ3v) is 5.07. The Morgan fingerprint density at radius 2 is 2.05 bits per heavy atom. The largest absolute Gasteiger partial charge is 0.493 e. The summed E-state index contributed by atoms with van der Waals surface area (Å²) in [7, 11) is -3.11. The van der Waals surface area contributed by atoms with Crippen molar-refractivity contribution >= 4 is 10.0 Å². The molecule has 5 nitrogen and oxygen atoms in total. The van der Waals surface area contributed by atoms with Crippen molar-refractivity contribution in [3.05, 3.63) is 29.8 Å². The molecule has 6 heteroatoms. The van der Waals surface area contributed by atoms with Gasteiger partial charge in [-0.3, -0.25) is 0 Å². The van der Waals surface area contributed by atoms with E-state index in [0.29, 0.717) is 19.7 Å². The first-order chi connectivity index (χ1) is 9.86. The van der Waals surface area contributed by atoms with Gasteiger partial charge in [-0.15, -0.1) is 0 Å². The third kappa shape index (κ3) is 4.69. The lowest BCUT2D eigenvalue weighted by Gasteiger charge is -2.30. The summed E-state index contributed by atoms with van der Waals surface area (Å²) in [5, 5.41) is 9.45. The van der Waals surface area contributed by atoms with Gasteiger partial charge in [0.2, 0.25) is 10.0 Å². The summed E-state index contributed by atoms with van der Waals surface area (Å²) in [6.07, 6.45) is 2.63. The molecule has 1 N–H and O–H groups in total. The van der Waals surface area contributed by atoms with Gasteiger partial charge in [0.25, 0.3) is 0 Å². The first-order valence-corrected chi connectivity index (χ1v) is 9.07. The molecule has 1 aliphatic heterocycles. The molecule has 0 aliphatic carbocycles. The Morgan fingerprint density at radius 1 is 1.38 bits per heavy atom. The maximum atomic E-state index is 11.6. The fourth-order valence-corrected chi connectivity index (χ4v) is 3.46. The number of rotatable bonds is 5. The van der Waals surface area contributed by atoms with E-state index < -0.39 is 16.1 Å². The first kappa shape index (κ1) is 16.3. The zero-order valence-electron chi connectivity index (χ0n) is 12.5. The van der Waals surface area contributed by atoms with Crippen LogP contribution in [0.2, 0.25) is 0 Å². The molecule has 1 aromatic carbocycles. The molecule has 2 rings (SSSR count). The van der Waals surface area contributed by atoms with Gasteiger partial charge in [0.15, 0.2) is 0 Å². The minimum Gasteiger partial charge on any atom is -0.493 e. The van der Waals surface area contributed by atoms with Gasteiger partial charge in [-0.2, -0.15) is 0 Å². The summed E-state index contributed by atoms with van der Waals surface area (Å²) in [4.78, 5) is 0. The van der Waals surface area contributed by atoms with Crippen LogP contribution in [0.5, 0.6) is 5.75 Å². The standard InChI is InChI=1S/C15H23NO4S/c1-12(17)14-5-7-15(8-6-14)20-11-13-4-3-9-16(10-13)21(2,18)19/h5-8,12-13,17H,3-4,9-11H2,1-2H3/t12-,13?/m0/s1. The summed E-state index contributed by atoms with van der Waals surface area (Å²) in [5.74, 6) is 0.973. The van der Waals surface area contributed by atoms with E-state index in [9.17, 15) is 13.5 Å². The van der Waals surface area contributed by atoms with Crippen molar-refractivity contribution in [2.24, 2.45) is 5.92 Å². The average Bonchev–Trinajstić information content (AvgIpc) is 2.45. The van der Waals surface area contributed by atoms with Crippen LogP contribution in [0.25, 0.3) is 0 Å². The Hall–Kier alpha value is -1.11. The highest BCUT2D eigenvalue weighted by Crippen LogP contribution is 2.21. The summed E-state index contributed by atoms with van der Waals surface area (Å²) < 4.78 is 30.4. The highest BCUT2D eigenvalue weighted by atomic mass is 32.2. The van der Waals surface area contributed by atoms with Gasteiger partial charge in [0.1, 0.15) is 5.75 Å². The summed E-state index contributed by atoms with van der Waals surface area (Å²) >= 11 is 0. The molecule has 1 aromatic rings. The highest BCUT2D eigenvalue weighted by Gasteiger charge is 2.26. The van der Waals surface area contributed by atoms with Crippen LogP contribution in [0.3, 0.4) is 0 Å². The normalized spacial score (nSPS) is 22.0. The van der Waals surface area contributed by atoms with Crippen LogP contribution in [0, 0.1) is 5.92 Å². The minimum atomic E-state index is -3.11. The second-order valence-electron chi connectivity index (χ2n) is 5.69. The van der Waals surface area contributed by atoms with E-state index in [-0.39, 0.29) is 5.92 Å². The number of ether oxygens (including phenoxy) is 1. The number of piperidine rings is 1. The van der Waals surface area contributed by atoms with Crippen LogP contribution in [-0.4, -0.2) is 43.8 Å². The Balaban J connectivity index is 1.88. The van der Waals surface area contributed by atoms with Crippen molar-refractivity contribution in [3.63, 3.8) is 0 Å². The van der Waals surface area contributed by atoms with Crippen LogP contribution >= 0.6 is 0 Å². The second-order valence-corrected chi connectivity index (χ2v) is 7.67. The van der Waals surface area contributed by atoms with Gasteiger partial charge in [0, 0.05) is 19.0 Å². The lowest BCUT2D eigenvalue weighted by Crippen LogP contribution is -2.40. The third-order valence-electron chi connectivity index (χ3n) is 3.80. The zero-order valence-corrected chi connectivity index (χ0v) is 13.3. The van der Waals surface area contributed by atoms with Crippen molar-refractivity contribution in [1.29, 1.82) is 0 Å². The Morgan fingerprint density at radius 3 is 2.62 bits per heavy atom. The van der Waals surface area contributed by atoms with Gasteiger partial charge >= 0.3 is 0 Å². The van der Waals surface area contributed by atoms with Crippen LogP contribution in [0.1, 0.15) is 31.4 Å². The number of hydrogen-bond acceptors (Lipinski definition) is 4. The van der Waals surface area contributed by atoms with E-state index in [1.807, 2.05) is 24.3 Å². The predicted molar refractivity (Wildman–Crippen MR) is 81.7 cm³/mol. The monoisotopic (exact) mass is 313 g/mol. The molecule has 1 aliphatic rings. The number of hydrogen-bond donors (Lipinski definition) is 1. The molecule has 0 spiro atoms. The maximum absolute atomic E-state index is 11.6. The summed E-state index contributed by atoms with van der Waals surface area (Å²) in [6.45, 7) is 3.38. The summed E-state index contributed by atoms with van der Waals surface area (Å²) in [5.41, 5.74) is 0.850. The lowest BCUT2D eigenvalue weighted by atomic mass is 10.0. The Labute approximate surface area is 126 Å². The van der Waals surface area contributed by atoms with Gasteiger partial charge < -0.3 is 9.84 Å². The fourth-order valence-electron chi connectivity index (χ4n) is 2.52. The minimum absolute atomic E-state index is 0.227. The molecular formula is C15H23NO4S. The van der Waals surface area contributed by atoms with E-state index in [0.717, 1.165) is 24.2 Å². The molecule has 118 valence electrons. The number of aliphatic hydroxyl groups is 1. The molecule has 0 radical (unpaired) electrons. The van der Waals surface area contributed by atoms with Gasteiger partial charge in [0.05, 0.1) is 19.0 Å². The van der Waals surface area contributed by atoms with Crippen LogP contribution in [-0.2, 0) is 10.0 Å². The van der Waals surface area contributed by atoms with Gasteiger partial charge in [-0.25, -0.2) is 12.7 Å². The molecule has 21 heavy (non-hydrogen) atoms. The molecule has 2 atom stereocenters. The van der Waals surface area contributed by atoms with Crippen molar-refractivity contribution < 1.29 is 18.3 Å². The van der Waals surface area contributed by atoms with Crippen molar-refractivity contribution in [3.8, 4) is 5.75 Å². The topological polar surface area (TPSA) is 66.8 Å². The van der Waals surface area contributed by atoms with E-state index >= 15 is 0 Å². The molecule has 0 saturated carbocycles. The molecule has 1 fully saturated rings. The summed E-state index contributed by atoms with van der Waals surface area (Å²) in [6, 6.07) is 7.34. The number of aliphatic hydroxyl groups excluding tert-OH is 1. The van der Waals surface area contributed by atoms with Crippen LogP contribution < -0.4 is 4.74 Å². The lowest BCUT2D eigenvalue weighted by molar-refractivity contribution is 0.180. The van der Waals surface area contributed by atoms with Crippen molar-refractivity contribution in [2.45, 2.75) is 25.9 Å². The molecule has 1 heterocycles. The van der Waals surface area contributed by atoms with E-state index in [1.54, 1.807) is 6.92 Å². The van der Waals surface area contributed by atoms with E-state index in [2.05, 4.69) is 0 Å². The Kier molecular flexibility index (Phi) is 5.24. The number of nitrogens with zero attached hydrogens (tertiary/aromatic N) is 1. The second kappa shape index (κ2) is 6.77. The van der Waals surface area contributed by atoms with E-state index in [1.165, 1.54) is 10.6 Å².